The Kier molecular flexibility index (Phi) is 6.61. The van der Waals surface area contributed by atoms with Crippen molar-refractivity contribution in [2.45, 2.75) is 44.3 Å². The number of nitro groups is 1. The van der Waals surface area contributed by atoms with Gasteiger partial charge in [-0.1, -0.05) is 29.8 Å². The number of pyridine rings is 1. The van der Waals surface area contributed by atoms with Gasteiger partial charge in [0.1, 0.15) is 6.20 Å². The summed E-state index contributed by atoms with van der Waals surface area (Å²) in [7, 11) is 2.07. The fourth-order valence-corrected chi connectivity index (χ4v) is 4.97. The first-order chi connectivity index (χ1) is 17.0. The maximum absolute atomic E-state index is 10.9. The number of hydrogen-bond acceptors (Lipinski definition) is 7. The molecule has 35 heavy (non-hydrogen) atoms. The molecule has 1 aliphatic carbocycles. The van der Waals surface area contributed by atoms with E-state index in [1.807, 2.05) is 30.5 Å². The standard InChI is InChI=1S/C25H26ClN7O2/c1-32(15-17-9-10-19(12-27-17)33(34)35)18-6-4-5-16(11-18)30-25-29-14-22(26)24(31-25)21-13-28-23-8-3-2-7-20(21)23/h2-3,7-10,12-14,16,18,28H,4-6,11,15H2,1H3,(H,29,30,31). The molecule has 3 aromatic heterocycles. The molecule has 0 amide bonds. The number of hydrogen-bond donors (Lipinski definition) is 2. The molecule has 3 heterocycles. The van der Waals surface area contributed by atoms with Gasteiger partial charge in [-0.25, -0.2) is 9.97 Å². The SMILES string of the molecule is CN(Cc1ccc([N+](=O)[O-])cn1)C1CCCC(Nc2ncc(Cl)c(-c3c[nH]c4ccccc34)n2)C1. The van der Waals surface area contributed by atoms with Crippen LogP contribution < -0.4 is 5.32 Å². The summed E-state index contributed by atoms with van der Waals surface area (Å²) in [5.41, 5.74) is 3.52. The lowest BCUT2D eigenvalue weighted by Crippen LogP contribution is -2.40. The minimum atomic E-state index is -0.430. The molecule has 1 aliphatic rings. The van der Waals surface area contributed by atoms with Gasteiger partial charge in [0.25, 0.3) is 5.69 Å². The highest BCUT2D eigenvalue weighted by molar-refractivity contribution is 6.33. The number of fused-ring (bicyclic) bond motifs is 1. The average molecular weight is 492 g/mol. The number of aromatic amines is 1. The highest BCUT2D eigenvalue weighted by Gasteiger charge is 2.26. The summed E-state index contributed by atoms with van der Waals surface area (Å²) >= 11 is 6.48. The van der Waals surface area contributed by atoms with Crippen molar-refractivity contribution in [1.82, 2.24) is 24.8 Å². The van der Waals surface area contributed by atoms with Crippen LogP contribution in [0, 0.1) is 10.1 Å². The van der Waals surface area contributed by atoms with E-state index in [1.165, 1.54) is 12.3 Å². The zero-order valence-corrected chi connectivity index (χ0v) is 20.1. The molecule has 2 N–H and O–H groups in total. The van der Waals surface area contributed by atoms with Gasteiger partial charge < -0.3 is 10.3 Å². The summed E-state index contributed by atoms with van der Waals surface area (Å²) in [5.74, 6) is 0.569. The Bertz CT molecular complexity index is 1340. The van der Waals surface area contributed by atoms with Gasteiger partial charge in [0.05, 0.1) is 27.5 Å². The molecular formula is C25H26ClN7O2. The predicted molar refractivity (Wildman–Crippen MR) is 136 cm³/mol. The number of rotatable bonds is 7. The van der Waals surface area contributed by atoms with Crippen molar-refractivity contribution in [3.63, 3.8) is 0 Å². The first-order valence-electron chi connectivity index (χ1n) is 11.6. The van der Waals surface area contributed by atoms with Gasteiger partial charge in [-0.2, -0.15) is 0 Å². The van der Waals surface area contributed by atoms with E-state index < -0.39 is 4.92 Å². The molecule has 180 valence electrons. The smallest absolute Gasteiger partial charge is 0.287 e. The molecule has 2 atom stereocenters. The van der Waals surface area contributed by atoms with Crippen LogP contribution in [0.5, 0.6) is 0 Å². The second kappa shape index (κ2) is 9.97. The van der Waals surface area contributed by atoms with Crippen LogP contribution in [0.3, 0.4) is 0 Å². The fourth-order valence-electron chi connectivity index (χ4n) is 4.77. The number of nitrogens with one attached hydrogen (secondary N) is 2. The molecule has 9 nitrogen and oxygen atoms in total. The fraction of sp³-hybridized carbons (Fsp3) is 0.320. The van der Waals surface area contributed by atoms with Crippen LogP contribution in [-0.2, 0) is 6.54 Å². The van der Waals surface area contributed by atoms with Gasteiger partial charge in [0.15, 0.2) is 0 Å². The van der Waals surface area contributed by atoms with Crippen LogP contribution in [0.1, 0.15) is 31.4 Å². The molecule has 2 unspecified atom stereocenters. The molecule has 10 heteroatoms. The Labute approximate surface area is 207 Å². The van der Waals surface area contributed by atoms with Gasteiger partial charge in [-0.3, -0.25) is 20.0 Å². The minimum absolute atomic E-state index is 0.00769. The first-order valence-corrected chi connectivity index (χ1v) is 12.0. The second-order valence-corrected chi connectivity index (χ2v) is 9.39. The number of nitrogens with zero attached hydrogens (tertiary/aromatic N) is 5. The van der Waals surface area contributed by atoms with Crippen LogP contribution in [0.2, 0.25) is 5.02 Å². The van der Waals surface area contributed by atoms with Crippen molar-refractivity contribution in [1.29, 1.82) is 0 Å². The Morgan fingerprint density at radius 3 is 2.86 bits per heavy atom. The number of anilines is 1. The lowest BCUT2D eigenvalue weighted by molar-refractivity contribution is -0.385. The third kappa shape index (κ3) is 5.11. The molecule has 0 radical (unpaired) electrons. The topological polar surface area (TPSA) is 113 Å². The Hall–Kier alpha value is -3.56. The molecular weight excluding hydrogens is 466 g/mol. The monoisotopic (exact) mass is 491 g/mol. The maximum atomic E-state index is 10.9. The Morgan fingerprint density at radius 1 is 1.20 bits per heavy atom. The first kappa shape index (κ1) is 23.2. The van der Waals surface area contributed by atoms with E-state index in [-0.39, 0.29) is 11.7 Å². The van der Waals surface area contributed by atoms with Crippen molar-refractivity contribution >= 4 is 34.1 Å². The number of H-pyrrole nitrogens is 1. The van der Waals surface area contributed by atoms with E-state index in [2.05, 4.69) is 32.2 Å². The summed E-state index contributed by atoms with van der Waals surface area (Å²) in [5, 5.41) is 16.0. The summed E-state index contributed by atoms with van der Waals surface area (Å²) in [4.78, 5) is 29.4. The molecule has 0 spiro atoms. The van der Waals surface area contributed by atoms with E-state index >= 15 is 0 Å². The second-order valence-electron chi connectivity index (χ2n) is 8.98. The molecule has 0 saturated heterocycles. The number of benzene rings is 1. The Morgan fingerprint density at radius 2 is 2.06 bits per heavy atom. The zero-order chi connectivity index (χ0) is 24.4. The summed E-state index contributed by atoms with van der Waals surface area (Å²) in [6.07, 6.45) is 9.05. The van der Waals surface area contributed by atoms with Gasteiger partial charge in [0, 0.05) is 47.4 Å². The van der Waals surface area contributed by atoms with Crippen LogP contribution in [-0.4, -0.2) is 48.9 Å². The van der Waals surface area contributed by atoms with Gasteiger partial charge >= 0.3 is 0 Å². The molecule has 1 aromatic carbocycles. The summed E-state index contributed by atoms with van der Waals surface area (Å²) < 4.78 is 0. The summed E-state index contributed by atoms with van der Waals surface area (Å²) in [6.45, 7) is 0.636. The third-order valence-electron chi connectivity index (χ3n) is 6.62. The maximum Gasteiger partial charge on any atom is 0.287 e. The number of halogens is 1. The molecule has 0 bridgehead atoms. The van der Waals surface area contributed by atoms with E-state index in [0.29, 0.717) is 29.3 Å². The van der Waals surface area contributed by atoms with Crippen LogP contribution in [0.25, 0.3) is 22.2 Å². The van der Waals surface area contributed by atoms with Gasteiger partial charge in [-0.05, 0) is 44.9 Å². The van der Waals surface area contributed by atoms with Crippen molar-refractivity contribution in [3.8, 4) is 11.3 Å². The summed E-state index contributed by atoms with van der Waals surface area (Å²) in [6, 6.07) is 11.9. The number of aromatic nitrogens is 4. The normalized spacial score (nSPS) is 18.1. The van der Waals surface area contributed by atoms with Crippen LogP contribution in [0.4, 0.5) is 11.6 Å². The quantitative estimate of drug-likeness (QED) is 0.261. The third-order valence-corrected chi connectivity index (χ3v) is 6.90. The molecule has 4 aromatic rings. The number of para-hydroxylation sites is 1. The largest absolute Gasteiger partial charge is 0.360 e. The van der Waals surface area contributed by atoms with Crippen molar-refractivity contribution in [3.05, 3.63) is 75.8 Å². The van der Waals surface area contributed by atoms with Crippen molar-refractivity contribution in [2.24, 2.45) is 0 Å². The van der Waals surface area contributed by atoms with Gasteiger partial charge in [0.2, 0.25) is 5.95 Å². The lowest BCUT2D eigenvalue weighted by atomic mass is 9.90. The average Bonchev–Trinajstić information content (AvgIpc) is 3.30. The van der Waals surface area contributed by atoms with Gasteiger partial charge in [-0.15, -0.1) is 0 Å². The van der Waals surface area contributed by atoms with E-state index in [9.17, 15) is 10.1 Å². The molecule has 1 saturated carbocycles. The molecule has 1 fully saturated rings. The highest BCUT2D eigenvalue weighted by atomic mass is 35.5. The predicted octanol–water partition coefficient (Wildman–Crippen LogP) is 5.44. The van der Waals surface area contributed by atoms with Crippen molar-refractivity contribution < 1.29 is 4.92 Å². The van der Waals surface area contributed by atoms with Crippen molar-refractivity contribution in [2.75, 3.05) is 12.4 Å². The highest BCUT2D eigenvalue weighted by Crippen LogP contribution is 2.33. The molecule has 5 rings (SSSR count). The van der Waals surface area contributed by atoms with E-state index in [4.69, 9.17) is 16.6 Å². The molecule has 0 aliphatic heterocycles. The van der Waals surface area contributed by atoms with E-state index in [1.54, 1.807) is 12.3 Å². The van der Waals surface area contributed by atoms with E-state index in [0.717, 1.165) is 47.8 Å². The zero-order valence-electron chi connectivity index (χ0n) is 19.3. The van der Waals surface area contributed by atoms with Crippen LogP contribution in [0.15, 0.2) is 55.0 Å². The van der Waals surface area contributed by atoms with Crippen LogP contribution >= 0.6 is 11.6 Å². The minimum Gasteiger partial charge on any atom is -0.360 e. The lowest BCUT2D eigenvalue weighted by Gasteiger charge is -2.35. The Balaban J connectivity index is 1.26.